The van der Waals surface area contributed by atoms with Gasteiger partial charge in [0.05, 0.1) is 0 Å². The number of nitrogen functional groups attached to an aromatic ring is 1. The van der Waals surface area contributed by atoms with E-state index >= 15 is 0 Å². The zero-order valence-electron chi connectivity index (χ0n) is 9.00. The predicted octanol–water partition coefficient (Wildman–Crippen LogP) is 3.55. The van der Waals surface area contributed by atoms with Crippen molar-refractivity contribution in [1.82, 2.24) is 0 Å². The summed E-state index contributed by atoms with van der Waals surface area (Å²) in [6.45, 7) is 3.01. The van der Waals surface area contributed by atoms with E-state index in [1.807, 2.05) is 30.0 Å². The molecule has 0 saturated carbocycles. The van der Waals surface area contributed by atoms with Gasteiger partial charge in [-0.3, -0.25) is 0 Å². The third-order valence-electron chi connectivity index (χ3n) is 2.01. The summed E-state index contributed by atoms with van der Waals surface area (Å²) in [5, 5.41) is 0.546. The van der Waals surface area contributed by atoms with E-state index in [1.54, 1.807) is 7.11 Å². The lowest BCUT2D eigenvalue weighted by atomic mass is 10.3. The summed E-state index contributed by atoms with van der Waals surface area (Å²) in [6.07, 6.45) is 1.05. The summed E-state index contributed by atoms with van der Waals surface area (Å²) in [5.41, 5.74) is 6.47. The lowest BCUT2D eigenvalue weighted by Crippen LogP contribution is -2.01. The van der Waals surface area contributed by atoms with Gasteiger partial charge in [-0.15, -0.1) is 11.8 Å². The predicted molar refractivity (Wildman–Crippen MR) is 70.4 cm³/mol. The SMILES string of the molecule is COCCC(C)Sc1ccc(N)cc1Br. The number of benzene rings is 1. The van der Waals surface area contributed by atoms with Gasteiger partial charge in [0.2, 0.25) is 0 Å². The van der Waals surface area contributed by atoms with E-state index < -0.39 is 0 Å². The van der Waals surface area contributed by atoms with Crippen LogP contribution in [0.2, 0.25) is 0 Å². The van der Waals surface area contributed by atoms with Crippen molar-refractivity contribution >= 4 is 33.4 Å². The van der Waals surface area contributed by atoms with Crippen LogP contribution in [0.25, 0.3) is 0 Å². The average Bonchev–Trinajstić information content (AvgIpc) is 2.19. The molecule has 0 saturated heterocycles. The van der Waals surface area contributed by atoms with Crippen LogP contribution in [-0.4, -0.2) is 19.0 Å². The van der Waals surface area contributed by atoms with Crippen molar-refractivity contribution in [1.29, 1.82) is 0 Å². The molecule has 2 N–H and O–H groups in total. The number of nitrogens with two attached hydrogens (primary N) is 1. The Morgan fingerprint density at radius 2 is 2.27 bits per heavy atom. The van der Waals surface area contributed by atoms with Crippen molar-refractivity contribution in [2.75, 3.05) is 19.5 Å². The maximum atomic E-state index is 5.68. The molecule has 0 aromatic heterocycles. The highest BCUT2D eigenvalue weighted by molar-refractivity contribution is 9.10. The molecule has 1 unspecified atom stereocenters. The number of methoxy groups -OCH3 is 1. The first kappa shape index (κ1) is 12.9. The van der Waals surface area contributed by atoms with Crippen LogP contribution >= 0.6 is 27.7 Å². The topological polar surface area (TPSA) is 35.2 Å². The molecule has 2 nitrogen and oxygen atoms in total. The first-order valence-electron chi connectivity index (χ1n) is 4.84. The van der Waals surface area contributed by atoms with Crippen molar-refractivity contribution in [2.45, 2.75) is 23.5 Å². The number of hydrogen-bond donors (Lipinski definition) is 1. The van der Waals surface area contributed by atoms with Crippen LogP contribution in [-0.2, 0) is 4.74 Å². The minimum atomic E-state index is 0.546. The van der Waals surface area contributed by atoms with Crippen LogP contribution in [0.4, 0.5) is 5.69 Å². The fourth-order valence-corrected chi connectivity index (χ4v) is 2.81. The van der Waals surface area contributed by atoms with E-state index in [0.29, 0.717) is 5.25 Å². The molecule has 84 valence electrons. The Bertz CT molecular complexity index is 319. The zero-order valence-corrected chi connectivity index (χ0v) is 11.4. The van der Waals surface area contributed by atoms with E-state index in [4.69, 9.17) is 10.5 Å². The van der Waals surface area contributed by atoms with Crippen molar-refractivity contribution in [3.8, 4) is 0 Å². The molecule has 1 rings (SSSR count). The number of anilines is 1. The molecule has 0 heterocycles. The minimum absolute atomic E-state index is 0.546. The van der Waals surface area contributed by atoms with Crippen LogP contribution < -0.4 is 5.73 Å². The second kappa shape index (κ2) is 6.40. The Hall–Kier alpha value is -0.190. The van der Waals surface area contributed by atoms with Crippen molar-refractivity contribution in [3.63, 3.8) is 0 Å². The monoisotopic (exact) mass is 289 g/mol. The van der Waals surface area contributed by atoms with E-state index in [0.717, 1.165) is 23.2 Å². The van der Waals surface area contributed by atoms with E-state index in [1.165, 1.54) is 4.90 Å². The molecule has 15 heavy (non-hydrogen) atoms. The lowest BCUT2D eigenvalue weighted by Gasteiger charge is -2.12. The minimum Gasteiger partial charge on any atom is -0.399 e. The summed E-state index contributed by atoms with van der Waals surface area (Å²) in [7, 11) is 1.73. The molecule has 0 aliphatic heterocycles. The van der Waals surface area contributed by atoms with E-state index in [-0.39, 0.29) is 0 Å². The van der Waals surface area contributed by atoms with Crippen molar-refractivity contribution in [2.24, 2.45) is 0 Å². The number of thioether (sulfide) groups is 1. The molecular weight excluding hydrogens is 274 g/mol. The Labute approximate surface area is 104 Å². The highest BCUT2D eigenvalue weighted by Gasteiger charge is 2.07. The Balaban J connectivity index is 2.56. The molecule has 0 amide bonds. The molecule has 1 aromatic rings. The first-order chi connectivity index (χ1) is 7.13. The maximum absolute atomic E-state index is 5.68. The van der Waals surface area contributed by atoms with Gasteiger partial charge in [0.1, 0.15) is 0 Å². The average molecular weight is 290 g/mol. The van der Waals surface area contributed by atoms with Crippen molar-refractivity contribution < 1.29 is 4.74 Å². The normalized spacial score (nSPS) is 12.7. The Morgan fingerprint density at radius 1 is 1.53 bits per heavy atom. The van der Waals surface area contributed by atoms with Gasteiger partial charge in [0.25, 0.3) is 0 Å². The number of halogens is 1. The largest absolute Gasteiger partial charge is 0.399 e. The summed E-state index contributed by atoms with van der Waals surface area (Å²) in [5.74, 6) is 0. The third-order valence-corrected chi connectivity index (χ3v) is 4.18. The highest BCUT2D eigenvalue weighted by atomic mass is 79.9. The molecule has 0 fully saturated rings. The van der Waals surface area contributed by atoms with Crippen LogP contribution in [0.5, 0.6) is 0 Å². The van der Waals surface area contributed by atoms with Gasteiger partial charge >= 0.3 is 0 Å². The van der Waals surface area contributed by atoms with Gasteiger partial charge in [0.15, 0.2) is 0 Å². The molecule has 0 aliphatic carbocycles. The molecule has 1 aromatic carbocycles. The first-order valence-corrected chi connectivity index (χ1v) is 6.51. The molecule has 4 heteroatoms. The molecular formula is C11H16BrNOS. The van der Waals surface area contributed by atoms with Crippen LogP contribution in [0, 0.1) is 0 Å². The van der Waals surface area contributed by atoms with E-state index in [9.17, 15) is 0 Å². The maximum Gasteiger partial charge on any atom is 0.0472 e. The Morgan fingerprint density at radius 3 is 2.87 bits per heavy atom. The quantitative estimate of drug-likeness (QED) is 0.665. The second-order valence-electron chi connectivity index (χ2n) is 3.40. The van der Waals surface area contributed by atoms with Crippen LogP contribution in [0.15, 0.2) is 27.6 Å². The van der Waals surface area contributed by atoms with Gasteiger partial charge in [-0.05, 0) is 40.5 Å². The smallest absolute Gasteiger partial charge is 0.0472 e. The molecule has 0 spiro atoms. The number of ether oxygens (including phenoxy) is 1. The molecule has 0 bridgehead atoms. The molecule has 0 radical (unpaired) electrons. The van der Waals surface area contributed by atoms with E-state index in [2.05, 4.69) is 22.9 Å². The van der Waals surface area contributed by atoms with Gasteiger partial charge in [0, 0.05) is 34.0 Å². The fraction of sp³-hybridized carbons (Fsp3) is 0.455. The second-order valence-corrected chi connectivity index (χ2v) is 5.73. The van der Waals surface area contributed by atoms with Crippen LogP contribution in [0.3, 0.4) is 0 Å². The Kier molecular flexibility index (Phi) is 5.50. The third kappa shape index (κ3) is 4.45. The summed E-state index contributed by atoms with van der Waals surface area (Å²) in [4.78, 5) is 1.23. The summed E-state index contributed by atoms with van der Waals surface area (Å²) >= 11 is 5.35. The standard InChI is InChI=1S/C11H16BrNOS/c1-8(5-6-14-2)15-11-4-3-9(13)7-10(11)12/h3-4,7-8H,5-6,13H2,1-2H3. The summed E-state index contributed by atoms with van der Waals surface area (Å²) in [6, 6.07) is 5.91. The fourth-order valence-electron chi connectivity index (χ4n) is 1.17. The van der Waals surface area contributed by atoms with Gasteiger partial charge < -0.3 is 10.5 Å². The molecule has 0 aliphatic rings. The van der Waals surface area contributed by atoms with Crippen LogP contribution in [0.1, 0.15) is 13.3 Å². The van der Waals surface area contributed by atoms with Gasteiger partial charge in [-0.25, -0.2) is 0 Å². The highest BCUT2D eigenvalue weighted by Crippen LogP contribution is 2.32. The number of rotatable bonds is 5. The van der Waals surface area contributed by atoms with Gasteiger partial charge in [-0.2, -0.15) is 0 Å². The number of hydrogen-bond acceptors (Lipinski definition) is 3. The summed E-state index contributed by atoms with van der Waals surface area (Å²) < 4.78 is 6.12. The van der Waals surface area contributed by atoms with Gasteiger partial charge in [-0.1, -0.05) is 6.92 Å². The lowest BCUT2D eigenvalue weighted by molar-refractivity contribution is 0.195. The molecule has 1 atom stereocenters. The zero-order chi connectivity index (χ0) is 11.3. The van der Waals surface area contributed by atoms with Crippen molar-refractivity contribution in [3.05, 3.63) is 22.7 Å².